The van der Waals surface area contributed by atoms with E-state index in [0.29, 0.717) is 13.0 Å². The van der Waals surface area contributed by atoms with Crippen molar-refractivity contribution in [2.45, 2.75) is 43.9 Å². The van der Waals surface area contributed by atoms with Crippen LogP contribution in [0.3, 0.4) is 0 Å². The molecule has 1 aromatic rings. The first-order valence-electron chi connectivity index (χ1n) is 6.34. The van der Waals surface area contributed by atoms with Crippen molar-refractivity contribution in [1.82, 2.24) is 9.78 Å². The Kier molecular flexibility index (Phi) is 3.87. The fourth-order valence-electron chi connectivity index (χ4n) is 2.73. The number of rotatable bonds is 4. The highest BCUT2D eigenvalue weighted by atomic mass is 19.4. The molecule has 1 aliphatic rings. The number of nitrogens with zero attached hydrogens (tertiary/aromatic N) is 2. The highest BCUT2D eigenvalue weighted by Gasteiger charge is 2.38. The molecule has 0 aliphatic heterocycles. The number of aryl methyl sites for hydroxylation is 1. The molecule has 2 atom stereocenters. The minimum absolute atomic E-state index is 0.0788. The van der Waals surface area contributed by atoms with Crippen molar-refractivity contribution in [3.8, 4) is 0 Å². The minimum Gasteiger partial charge on any atom is -0.394 e. The van der Waals surface area contributed by atoms with Crippen molar-refractivity contribution >= 4 is 0 Å². The summed E-state index contributed by atoms with van der Waals surface area (Å²) in [6, 6.07) is 0. The van der Waals surface area contributed by atoms with E-state index in [9.17, 15) is 18.3 Å². The third kappa shape index (κ3) is 3.09. The predicted octanol–water partition coefficient (Wildman–Crippen LogP) is 1.78. The largest absolute Gasteiger partial charge is 0.419 e. The van der Waals surface area contributed by atoms with Gasteiger partial charge in [-0.15, -0.1) is 0 Å². The third-order valence-electron chi connectivity index (χ3n) is 3.97. The van der Waals surface area contributed by atoms with Crippen molar-refractivity contribution in [3.05, 3.63) is 18.0 Å². The molecule has 1 saturated carbocycles. The van der Waals surface area contributed by atoms with Gasteiger partial charge in [0.05, 0.1) is 18.4 Å². The topological polar surface area (TPSA) is 64.1 Å². The molecule has 4 nitrogen and oxygen atoms in total. The van der Waals surface area contributed by atoms with Crippen LogP contribution in [0, 0.1) is 5.92 Å². The smallest absolute Gasteiger partial charge is 0.394 e. The minimum atomic E-state index is -4.35. The molecular formula is C12H18F3N3O. The van der Waals surface area contributed by atoms with Gasteiger partial charge in [-0.05, 0) is 25.2 Å². The van der Waals surface area contributed by atoms with Crippen molar-refractivity contribution in [2.75, 3.05) is 6.61 Å². The summed E-state index contributed by atoms with van der Waals surface area (Å²) >= 11 is 0. The Morgan fingerprint density at radius 2 is 2.26 bits per heavy atom. The standard InChI is InChI=1S/C12H18F3N3O/c13-12(14,15)10-6-17-18(7-10)5-3-9-2-1-4-11(9,16)8-19/h6-7,9,19H,1-5,8,16H2. The van der Waals surface area contributed by atoms with Gasteiger partial charge in [-0.2, -0.15) is 18.3 Å². The summed E-state index contributed by atoms with van der Waals surface area (Å²) in [7, 11) is 0. The molecule has 7 heteroatoms. The van der Waals surface area contributed by atoms with E-state index in [1.165, 1.54) is 4.68 Å². The van der Waals surface area contributed by atoms with Crippen LogP contribution in [-0.4, -0.2) is 27.0 Å². The molecule has 1 fully saturated rings. The van der Waals surface area contributed by atoms with Crippen LogP contribution >= 0.6 is 0 Å². The summed E-state index contributed by atoms with van der Waals surface area (Å²) < 4.78 is 38.5. The van der Waals surface area contributed by atoms with Crippen LogP contribution in [0.5, 0.6) is 0 Å². The maximum absolute atomic E-state index is 12.4. The quantitative estimate of drug-likeness (QED) is 0.881. The lowest BCUT2D eigenvalue weighted by Crippen LogP contribution is -2.47. The van der Waals surface area contributed by atoms with Crippen molar-refractivity contribution in [3.63, 3.8) is 0 Å². The first-order chi connectivity index (χ1) is 8.85. The van der Waals surface area contributed by atoms with Gasteiger partial charge < -0.3 is 10.8 Å². The Balaban J connectivity index is 1.94. The molecule has 1 aromatic heterocycles. The molecular weight excluding hydrogens is 259 g/mol. The van der Waals surface area contributed by atoms with E-state index in [4.69, 9.17) is 5.73 Å². The van der Waals surface area contributed by atoms with E-state index in [1.54, 1.807) is 0 Å². The van der Waals surface area contributed by atoms with E-state index in [-0.39, 0.29) is 12.5 Å². The van der Waals surface area contributed by atoms with Crippen LogP contribution in [0.4, 0.5) is 13.2 Å². The average Bonchev–Trinajstić information content (AvgIpc) is 2.93. The number of alkyl halides is 3. The second kappa shape index (κ2) is 5.13. The average molecular weight is 277 g/mol. The van der Waals surface area contributed by atoms with Crippen LogP contribution in [0.15, 0.2) is 12.4 Å². The monoisotopic (exact) mass is 277 g/mol. The summed E-state index contributed by atoms with van der Waals surface area (Å²) in [6.45, 7) is 0.310. The summed E-state index contributed by atoms with van der Waals surface area (Å²) in [5.74, 6) is 0.135. The first kappa shape index (κ1) is 14.3. The lowest BCUT2D eigenvalue weighted by molar-refractivity contribution is -0.137. The lowest BCUT2D eigenvalue weighted by atomic mass is 9.86. The fourth-order valence-corrected chi connectivity index (χ4v) is 2.73. The number of hydrogen-bond donors (Lipinski definition) is 2. The zero-order valence-corrected chi connectivity index (χ0v) is 10.5. The number of halogens is 3. The molecule has 0 radical (unpaired) electrons. The van der Waals surface area contributed by atoms with E-state index in [1.807, 2.05) is 0 Å². The van der Waals surface area contributed by atoms with Crippen LogP contribution in [0.2, 0.25) is 0 Å². The second-order valence-corrected chi connectivity index (χ2v) is 5.26. The van der Waals surface area contributed by atoms with Gasteiger partial charge in [0, 0.05) is 18.3 Å². The normalized spacial score (nSPS) is 27.9. The number of aliphatic hydroxyl groups excluding tert-OH is 1. The number of hydrogen-bond acceptors (Lipinski definition) is 3. The Morgan fingerprint density at radius 3 is 2.84 bits per heavy atom. The molecule has 2 unspecified atom stereocenters. The van der Waals surface area contributed by atoms with Crippen LogP contribution in [-0.2, 0) is 12.7 Å². The highest BCUT2D eigenvalue weighted by molar-refractivity contribution is 5.08. The molecule has 3 N–H and O–H groups in total. The van der Waals surface area contributed by atoms with Crippen molar-refractivity contribution in [1.29, 1.82) is 0 Å². The first-order valence-corrected chi connectivity index (χ1v) is 6.34. The molecule has 1 aliphatic carbocycles. The second-order valence-electron chi connectivity index (χ2n) is 5.26. The third-order valence-corrected chi connectivity index (χ3v) is 3.97. The predicted molar refractivity (Wildman–Crippen MR) is 63.2 cm³/mol. The van der Waals surface area contributed by atoms with E-state index in [0.717, 1.165) is 31.7 Å². The number of nitrogens with two attached hydrogens (primary N) is 1. The molecule has 0 amide bonds. The molecule has 0 saturated heterocycles. The molecule has 0 bridgehead atoms. The van der Waals surface area contributed by atoms with Crippen molar-refractivity contribution in [2.24, 2.45) is 11.7 Å². The van der Waals surface area contributed by atoms with Gasteiger partial charge in [0.15, 0.2) is 0 Å². The van der Waals surface area contributed by atoms with Crippen LogP contribution in [0.25, 0.3) is 0 Å². The Morgan fingerprint density at radius 1 is 1.53 bits per heavy atom. The SMILES string of the molecule is NC1(CO)CCCC1CCn1cc(C(F)(F)F)cn1. The zero-order chi connectivity index (χ0) is 14.1. The van der Waals surface area contributed by atoms with Crippen LogP contribution in [0.1, 0.15) is 31.2 Å². The molecule has 19 heavy (non-hydrogen) atoms. The summed E-state index contributed by atoms with van der Waals surface area (Å²) in [6.07, 6.45) is 0.743. The molecule has 0 aromatic carbocycles. The van der Waals surface area contributed by atoms with Gasteiger partial charge in [0.2, 0.25) is 0 Å². The maximum Gasteiger partial charge on any atom is 0.419 e. The molecule has 0 spiro atoms. The zero-order valence-electron chi connectivity index (χ0n) is 10.5. The van der Waals surface area contributed by atoms with Gasteiger partial charge in [0.25, 0.3) is 0 Å². The lowest BCUT2D eigenvalue weighted by Gasteiger charge is -2.29. The summed E-state index contributed by atoms with van der Waals surface area (Å²) in [5, 5.41) is 13.0. The van der Waals surface area contributed by atoms with E-state index >= 15 is 0 Å². The van der Waals surface area contributed by atoms with Crippen LogP contribution < -0.4 is 5.73 Å². The van der Waals surface area contributed by atoms with Gasteiger partial charge in [0.1, 0.15) is 0 Å². The number of aliphatic hydroxyl groups is 1. The van der Waals surface area contributed by atoms with Crippen molar-refractivity contribution < 1.29 is 18.3 Å². The number of aromatic nitrogens is 2. The highest BCUT2D eigenvalue weighted by Crippen LogP contribution is 2.36. The Hall–Kier alpha value is -1.08. The van der Waals surface area contributed by atoms with Gasteiger partial charge >= 0.3 is 6.18 Å². The molecule has 1 heterocycles. The Bertz CT molecular complexity index is 432. The van der Waals surface area contributed by atoms with E-state index < -0.39 is 17.3 Å². The van der Waals surface area contributed by atoms with Gasteiger partial charge in [-0.1, -0.05) is 6.42 Å². The molecule has 108 valence electrons. The van der Waals surface area contributed by atoms with Gasteiger partial charge in [-0.3, -0.25) is 4.68 Å². The maximum atomic E-state index is 12.4. The summed E-state index contributed by atoms with van der Waals surface area (Å²) in [4.78, 5) is 0. The Labute approximate surface area is 109 Å². The van der Waals surface area contributed by atoms with E-state index in [2.05, 4.69) is 5.10 Å². The summed E-state index contributed by atoms with van der Waals surface area (Å²) in [5.41, 5.74) is 4.76. The fraction of sp³-hybridized carbons (Fsp3) is 0.750. The molecule has 2 rings (SSSR count). The van der Waals surface area contributed by atoms with Gasteiger partial charge in [-0.25, -0.2) is 0 Å².